The molecule has 20 heavy (non-hydrogen) atoms. The molecule has 0 aromatic heterocycles. The van der Waals surface area contributed by atoms with E-state index in [1.807, 2.05) is 0 Å². The highest BCUT2D eigenvalue weighted by molar-refractivity contribution is 5.83. The Morgan fingerprint density at radius 3 is 2.80 bits per heavy atom. The van der Waals surface area contributed by atoms with Crippen molar-refractivity contribution in [2.75, 3.05) is 7.11 Å². The number of hydrogen-bond acceptors (Lipinski definition) is 2. The lowest BCUT2D eigenvalue weighted by atomic mass is 9.60. The molecule has 0 bridgehead atoms. The first-order valence-corrected chi connectivity index (χ1v) is 7.97. The predicted octanol–water partition coefficient (Wildman–Crippen LogP) is 3.73. The topological polar surface area (TPSA) is 26.3 Å². The lowest BCUT2D eigenvalue weighted by Gasteiger charge is -2.43. The van der Waals surface area contributed by atoms with Gasteiger partial charge in [0, 0.05) is 12.3 Å². The third kappa shape index (κ3) is 1.73. The number of fused-ring (bicyclic) bond motifs is 5. The van der Waals surface area contributed by atoms with E-state index < -0.39 is 0 Å². The minimum absolute atomic E-state index is 0.399. The second-order valence-electron chi connectivity index (χ2n) is 6.75. The van der Waals surface area contributed by atoms with Gasteiger partial charge in [-0.05, 0) is 66.7 Å². The minimum Gasteiger partial charge on any atom is -0.497 e. The summed E-state index contributed by atoms with van der Waals surface area (Å²) < 4.78 is 5.34. The molecule has 0 amide bonds. The zero-order chi connectivity index (χ0) is 13.7. The summed E-state index contributed by atoms with van der Waals surface area (Å²) >= 11 is 0. The monoisotopic (exact) mass is 270 g/mol. The van der Waals surface area contributed by atoms with E-state index in [1.54, 1.807) is 7.11 Å². The summed E-state index contributed by atoms with van der Waals surface area (Å²) in [6.45, 7) is 0. The molecule has 4 atom stereocenters. The summed E-state index contributed by atoms with van der Waals surface area (Å²) in [5, 5.41) is 0. The number of ether oxygens (including phenoxy) is 1. The van der Waals surface area contributed by atoms with Gasteiger partial charge in [-0.15, -0.1) is 0 Å². The lowest BCUT2D eigenvalue weighted by Crippen LogP contribution is -2.39. The molecule has 2 nitrogen and oxygen atoms in total. The van der Waals surface area contributed by atoms with Crippen LogP contribution in [0.1, 0.15) is 49.1 Å². The molecule has 2 fully saturated rings. The fraction of sp³-hybridized carbons (Fsp3) is 0.611. The van der Waals surface area contributed by atoms with E-state index in [9.17, 15) is 4.79 Å². The van der Waals surface area contributed by atoms with Crippen molar-refractivity contribution in [1.29, 1.82) is 0 Å². The molecule has 0 unspecified atom stereocenters. The molecule has 0 heterocycles. The number of Topliss-reactive ketones (excluding diaryl/α,β-unsaturated/α-hetero) is 1. The first kappa shape index (κ1) is 12.4. The Labute approximate surface area is 120 Å². The van der Waals surface area contributed by atoms with E-state index in [4.69, 9.17) is 4.74 Å². The van der Waals surface area contributed by atoms with Crippen molar-refractivity contribution in [2.24, 2.45) is 17.8 Å². The standard InChI is InChI=1S/C18H22O2/c1-20-12-6-8-13-11(9-12)5-7-15-14-3-2-4-16(14)18(19)10-17(13)15/h6,8-9,14-17H,2-5,7,10H2,1H3/t14-,15-,16+,17-/m0/s1. The Morgan fingerprint density at radius 2 is 1.95 bits per heavy atom. The maximum absolute atomic E-state index is 12.4. The van der Waals surface area contributed by atoms with Gasteiger partial charge in [-0.3, -0.25) is 4.79 Å². The number of ketones is 1. The van der Waals surface area contributed by atoms with E-state index in [2.05, 4.69) is 18.2 Å². The summed E-state index contributed by atoms with van der Waals surface area (Å²) in [6, 6.07) is 6.46. The Hall–Kier alpha value is -1.31. The molecule has 2 saturated carbocycles. The van der Waals surface area contributed by atoms with E-state index in [-0.39, 0.29) is 0 Å². The third-order valence-electron chi connectivity index (χ3n) is 5.97. The van der Waals surface area contributed by atoms with Crippen molar-refractivity contribution < 1.29 is 9.53 Å². The van der Waals surface area contributed by atoms with Gasteiger partial charge in [-0.2, -0.15) is 0 Å². The Morgan fingerprint density at radius 1 is 1.10 bits per heavy atom. The Balaban J connectivity index is 1.72. The quantitative estimate of drug-likeness (QED) is 0.777. The molecule has 1 aromatic carbocycles. The van der Waals surface area contributed by atoms with Gasteiger partial charge in [0.05, 0.1) is 7.11 Å². The van der Waals surface area contributed by atoms with Crippen LogP contribution in [0, 0.1) is 17.8 Å². The van der Waals surface area contributed by atoms with Crippen LogP contribution in [0.2, 0.25) is 0 Å². The van der Waals surface area contributed by atoms with Crippen LogP contribution in [0.3, 0.4) is 0 Å². The van der Waals surface area contributed by atoms with Gasteiger partial charge in [-0.1, -0.05) is 12.5 Å². The SMILES string of the molecule is COc1ccc2c(c1)CC[C@H]1[C@@H]3CCC[C@H]3C(=O)C[C@@H]21. The van der Waals surface area contributed by atoms with Gasteiger partial charge < -0.3 is 4.74 Å². The molecule has 0 spiro atoms. The number of carbonyl (C=O) groups is 1. The maximum Gasteiger partial charge on any atom is 0.136 e. The number of methoxy groups -OCH3 is 1. The highest BCUT2D eigenvalue weighted by Crippen LogP contribution is 2.53. The van der Waals surface area contributed by atoms with E-state index in [0.29, 0.717) is 23.5 Å². The van der Waals surface area contributed by atoms with Crippen LogP contribution >= 0.6 is 0 Å². The number of hydrogen-bond donors (Lipinski definition) is 0. The highest BCUT2D eigenvalue weighted by Gasteiger charge is 2.47. The van der Waals surface area contributed by atoms with Gasteiger partial charge in [0.2, 0.25) is 0 Å². The van der Waals surface area contributed by atoms with Crippen LogP contribution in [0.5, 0.6) is 5.75 Å². The van der Waals surface area contributed by atoms with Crippen LogP contribution in [-0.4, -0.2) is 12.9 Å². The number of rotatable bonds is 1. The van der Waals surface area contributed by atoms with Crippen molar-refractivity contribution in [3.8, 4) is 5.75 Å². The average Bonchev–Trinajstić information content (AvgIpc) is 2.97. The van der Waals surface area contributed by atoms with Crippen LogP contribution in [0.15, 0.2) is 18.2 Å². The summed E-state index contributed by atoms with van der Waals surface area (Å²) in [5.41, 5.74) is 2.84. The molecule has 3 aliphatic carbocycles. The Bertz CT molecular complexity index is 548. The van der Waals surface area contributed by atoms with E-state index >= 15 is 0 Å². The summed E-state index contributed by atoms with van der Waals surface area (Å²) in [7, 11) is 1.72. The van der Waals surface area contributed by atoms with Gasteiger partial charge >= 0.3 is 0 Å². The van der Waals surface area contributed by atoms with Gasteiger partial charge in [0.25, 0.3) is 0 Å². The normalized spacial score (nSPS) is 35.1. The maximum atomic E-state index is 12.4. The molecule has 0 saturated heterocycles. The van der Waals surface area contributed by atoms with Crippen LogP contribution < -0.4 is 4.74 Å². The van der Waals surface area contributed by atoms with Gasteiger partial charge in [0.15, 0.2) is 0 Å². The van der Waals surface area contributed by atoms with E-state index in [1.165, 1.54) is 30.4 Å². The second kappa shape index (κ2) is 4.61. The zero-order valence-corrected chi connectivity index (χ0v) is 12.1. The first-order valence-electron chi connectivity index (χ1n) is 7.97. The molecular weight excluding hydrogens is 248 g/mol. The fourth-order valence-electron chi connectivity index (χ4n) is 5.08. The van der Waals surface area contributed by atoms with Gasteiger partial charge in [0.1, 0.15) is 11.5 Å². The molecule has 106 valence electrons. The summed E-state index contributed by atoms with van der Waals surface area (Å²) in [5.74, 6) is 3.80. The molecule has 0 N–H and O–H groups in total. The zero-order valence-electron chi connectivity index (χ0n) is 12.1. The summed E-state index contributed by atoms with van der Waals surface area (Å²) in [4.78, 5) is 12.4. The number of aryl methyl sites for hydroxylation is 1. The van der Waals surface area contributed by atoms with Crippen molar-refractivity contribution in [3.63, 3.8) is 0 Å². The van der Waals surface area contributed by atoms with Crippen molar-refractivity contribution >= 4 is 5.78 Å². The predicted molar refractivity (Wildman–Crippen MR) is 78.0 cm³/mol. The fourth-order valence-corrected chi connectivity index (χ4v) is 5.08. The van der Waals surface area contributed by atoms with Gasteiger partial charge in [-0.25, -0.2) is 0 Å². The Kier molecular flexibility index (Phi) is 2.87. The van der Waals surface area contributed by atoms with Crippen LogP contribution in [0.25, 0.3) is 0 Å². The van der Waals surface area contributed by atoms with E-state index in [0.717, 1.165) is 30.9 Å². The number of carbonyl (C=O) groups excluding carboxylic acids is 1. The van der Waals surface area contributed by atoms with Crippen LogP contribution in [-0.2, 0) is 11.2 Å². The molecule has 0 aliphatic heterocycles. The third-order valence-corrected chi connectivity index (χ3v) is 5.97. The smallest absolute Gasteiger partial charge is 0.136 e. The molecule has 0 radical (unpaired) electrons. The molecule has 3 aliphatic rings. The van der Waals surface area contributed by atoms with Crippen molar-refractivity contribution in [2.45, 2.75) is 44.4 Å². The minimum atomic E-state index is 0.399. The largest absolute Gasteiger partial charge is 0.497 e. The summed E-state index contributed by atoms with van der Waals surface area (Å²) in [6.07, 6.45) is 6.90. The highest BCUT2D eigenvalue weighted by atomic mass is 16.5. The lowest BCUT2D eigenvalue weighted by molar-refractivity contribution is -0.128. The van der Waals surface area contributed by atoms with Crippen LogP contribution in [0.4, 0.5) is 0 Å². The van der Waals surface area contributed by atoms with Crippen molar-refractivity contribution in [1.82, 2.24) is 0 Å². The molecule has 4 rings (SSSR count). The average molecular weight is 270 g/mol. The molecule has 1 aromatic rings. The molecule has 2 heteroatoms. The first-order chi connectivity index (χ1) is 9.78. The molecular formula is C18H22O2. The van der Waals surface area contributed by atoms with Crippen molar-refractivity contribution in [3.05, 3.63) is 29.3 Å². The second-order valence-corrected chi connectivity index (χ2v) is 6.75. The number of benzene rings is 1.